The summed E-state index contributed by atoms with van der Waals surface area (Å²) in [5.74, 6) is 4.88. The van der Waals surface area contributed by atoms with Crippen LogP contribution >= 0.6 is 0 Å². The van der Waals surface area contributed by atoms with E-state index in [-0.39, 0.29) is 11.5 Å². The van der Waals surface area contributed by atoms with E-state index in [0.29, 0.717) is 0 Å². The Hall–Kier alpha value is -0.770. The predicted molar refractivity (Wildman–Crippen MR) is 52.0 cm³/mol. The van der Waals surface area contributed by atoms with Gasteiger partial charge < -0.3 is 4.74 Å². The third kappa shape index (κ3) is 7.59. The molecule has 1 unspecified atom stereocenters. The Labute approximate surface area is 79.8 Å². The van der Waals surface area contributed by atoms with Crippen LogP contribution in [0.25, 0.3) is 0 Å². The summed E-state index contributed by atoms with van der Waals surface area (Å²) in [4.78, 5) is 10.7. The van der Waals surface area contributed by atoms with Gasteiger partial charge in [-0.05, 0) is 25.2 Å². The van der Waals surface area contributed by atoms with E-state index in [1.807, 2.05) is 12.3 Å². The highest BCUT2D eigenvalue weighted by Crippen LogP contribution is 2.22. The van der Waals surface area contributed by atoms with Crippen molar-refractivity contribution in [2.75, 3.05) is 0 Å². The molecule has 0 aromatic carbocycles. The minimum absolute atomic E-state index is 0.0808. The molecule has 0 aliphatic carbocycles. The number of hydrogen-bond acceptors (Lipinski definition) is 3. The second-order valence-corrected chi connectivity index (χ2v) is 4.46. The van der Waals surface area contributed by atoms with Gasteiger partial charge in [-0.3, -0.25) is 5.43 Å². The molecule has 3 N–H and O–H groups in total. The van der Waals surface area contributed by atoms with Crippen LogP contribution in [0.2, 0.25) is 0 Å². The van der Waals surface area contributed by atoms with Gasteiger partial charge in [-0.25, -0.2) is 10.6 Å². The first kappa shape index (κ1) is 12.2. The monoisotopic (exact) mass is 188 g/mol. The number of carbonyl (C=O) groups excluding carboxylic acids is 1. The number of rotatable bonds is 3. The van der Waals surface area contributed by atoms with Crippen LogP contribution in [0.4, 0.5) is 4.79 Å². The smallest absolute Gasteiger partial charge is 0.421 e. The molecule has 0 heterocycles. The first-order chi connectivity index (χ1) is 5.85. The van der Waals surface area contributed by atoms with Crippen molar-refractivity contribution in [3.05, 3.63) is 0 Å². The number of carbonyl (C=O) groups is 1. The summed E-state index contributed by atoms with van der Waals surface area (Å²) in [5.41, 5.74) is 2.21. The quantitative estimate of drug-likeness (QED) is 0.403. The second-order valence-electron chi connectivity index (χ2n) is 4.46. The molecule has 1 atom stereocenters. The maximum Gasteiger partial charge on any atom is 0.421 e. The van der Waals surface area contributed by atoms with Gasteiger partial charge in [0.2, 0.25) is 0 Å². The molecule has 13 heavy (non-hydrogen) atoms. The van der Waals surface area contributed by atoms with Gasteiger partial charge in [0.25, 0.3) is 0 Å². The third-order valence-electron chi connectivity index (χ3n) is 1.73. The van der Waals surface area contributed by atoms with Crippen LogP contribution in [0.15, 0.2) is 0 Å². The molecule has 0 rings (SSSR count). The lowest BCUT2D eigenvalue weighted by atomic mass is 9.89. The molecule has 0 aromatic rings. The summed E-state index contributed by atoms with van der Waals surface area (Å²) in [7, 11) is 0. The minimum Gasteiger partial charge on any atom is -0.446 e. The fourth-order valence-electron chi connectivity index (χ4n) is 0.912. The molecule has 0 aliphatic rings. The zero-order valence-electron chi connectivity index (χ0n) is 8.89. The molecule has 0 bridgehead atoms. The van der Waals surface area contributed by atoms with Crippen molar-refractivity contribution in [1.82, 2.24) is 5.43 Å². The highest BCUT2D eigenvalue weighted by molar-refractivity contribution is 5.66. The molecular formula is C9H20N2O2. The van der Waals surface area contributed by atoms with Crippen LogP contribution in [-0.2, 0) is 4.74 Å². The van der Waals surface area contributed by atoms with Crippen molar-refractivity contribution in [2.45, 2.75) is 46.6 Å². The number of hydrazine groups is 1. The lowest BCUT2D eigenvalue weighted by molar-refractivity contribution is 0.0949. The van der Waals surface area contributed by atoms with Gasteiger partial charge in [-0.2, -0.15) is 0 Å². The lowest BCUT2D eigenvalue weighted by Gasteiger charge is -2.20. The molecule has 1 amide bonds. The maximum atomic E-state index is 10.7. The maximum absolute atomic E-state index is 10.7. The molecule has 4 heteroatoms. The highest BCUT2D eigenvalue weighted by atomic mass is 16.6. The van der Waals surface area contributed by atoms with Crippen LogP contribution < -0.4 is 11.3 Å². The summed E-state index contributed by atoms with van der Waals surface area (Å²) < 4.78 is 4.92. The Balaban J connectivity index is 3.63. The zero-order chi connectivity index (χ0) is 10.5. The van der Waals surface area contributed by atoms with Crippen molar-refractivity contribution >= 4 is 6.09 Å². The average Bonchev–Trinajstić information content (AvgIpc) is 1.99. The SMILES string of the molecule is CC(CCC(C)(C)C)OC(=O)NN. The number of amides is 1. The molecule has 4 nitrogen and oxygen atoms in total. The van der Waals surface area contributed by atoms with Gasteiger partial charge in [0, 0.05) is 0 Å². The number of ether oxygens (including phenoxy) is 1. The second kappa shape index (κ2) is 5.07. The van der Waals surface area contributed by atoms with E-state index in [1.54, 1.807) is 0 Å². The summed E-state index contributed by atoms with van der Waals surface area (Å²) in [6.45, 7) is 8.33. The molecule has 0 saturated carbocycles. The average molecular weight is 188 g/mol. The molecule has 0 radical (unpaired) electrons. The summed E-state index contributed by atoms with van der Waals surface area (Å²) >= 11 is 0. The van der Waals surface area contributed by atoms with Crippen molar-refractivity contribution in [1.29, 1.82) is 0 Å². The highest BCUT2D eigenvalue weighted by Gasteiger charge is 2.14. The molecule has 0 saturated heterocycles. The number of nitrogens with two attached hydrogens (primary N) is 1. The molecule has 78 valence electrons. The Morgan fingerprint density at radius 1 is 1.54 bits per heavy atom. The van der Waals surface area contributed by atoms with Crippen LogP contribution in [-0.4, -0.2) is 12.2 Å². The normalized spacial score (nSPS) is 13.6. The van der Waals surface area contributed by atoms with Gasteiger partial charge in [0.15, 0.2) is 0 Å². The Morgan fingerprint density at radius 2 is 2.08 bits per heavy atom. The fraction of sp³-hybridized carbons (Fsp3) is 0.889. The van der Waals surface area contributed by atoms with Crippen molar-refractivity contribution in [3.63, 3.8) is 0 Å². The lowest BCUT2D eigenvalue weighted by Crippen LogP contribution is -2.33. The molecule has 0 spiro atoms. The summed E-state index contributed by atoms with van der Waals surface area (Å²) in [6.07, 6.45) is 1.23. The zero-order valence-corrected chi connectivity index (χ0v) is 8.89. The van der Waals surface area contributed by atoms with E-state index in [0.717, 1.165) is 12.8 Å². The summed E-state index contributed by atoms with van der Waals surface area (Å²) in [5, 5.41) is 0. The Kier molecular flexibility index (Phi) is 4.77. The van der Waals surface area contributed by atoms with Gasteiger partial charge in [0.1, 0.15) is 6.10 Å². The third-order valence-corrected chi connectivity index (χ3v) is 1.73. The molecule has 0 fully saturated rings. The van der Waals surface area contributed by atoms with Gasteiger partial charge >= 0.3 is 6.09 Å². The fourth-order valence-corrected chi connectivity index (χ4v) is 0.912. The van der Waals surface area contributed by atoms with E-state index in [4.69, 9.17) is 10.6 Å². The van der Waals surface area contributed by atoms with Gasteiger partial charge in [-0.15, -0.1) is 0 Å². The van der Waals surface area contributed by atoms with Crippen molar-refractivity contribution in [3.8, 4) is 0 Å². The minimum atomic E-state index is -0.568. The standard InChI is InChI=1S/C9H20N2O2/c1-7(13-8(12)11-10)5-6-9(2,3)4/h7H,5-6,10H2,1-4H3,(H,11,12). The van der Waals surface area contributed by atoms with Crippen LogP contribution in [0.1, 0.15) is 40.5 Å². The number of hydrogen-bond donors (Lipinski definition) is 2. The summed E-state index contributed by atoms with van der Waals surface area (Å²) in [6, 6.07) is 0. The Bertz CT molecular complexity index is 163. The Morgan fingerprint density at radius 3 is 2.46 bits per heavy atom. The van der Waals surface area contributed by atoms with Crippen molar-refractivity contribution in [2.24, 2.45) is 11.3 Å². The van der Waals surface area contributed by atoms with Crippen molar-refractivity contribution < 1.29 is 9.53 Å². The van der Waals surface area contributed by atoms with E-state index < -0.39 is 6.09 Å². The van der Waals surface area contributed by atoms with Crippen LogP contribution in [0.3, 0.4) is 0 Å². The van der Waals surface area contributed by atoms with E-state index in [9.17, 15) is 4.79 Å². The molecular weight excluding hydrogens is 168 g/mol. The topological polar surface area (TPSA) is 64.3 Å². The first-order valence-corrected chi connectivity index (χ1v) is 4.52. The first-order valence-electron chi connectivity index (χ1n) is 4.52. The predicted octanol–water partition coefficient (Wildman–Crippen LogP) is 1.80. The van der Waals surface area contributed by atoms with E-state index in [2.05, 4.69) is 20.8 Å². The van der Waals surface area contributed by atoms with E-state index in [1.165, 1.54) is 0 Å². The largest absolute Gasteiger partial charge is 0.446 e. The molecule has 0 aromatic heterocycles. The van der Waals surface area contributed by atoms with Gasteiger partial charge in [0.05, 0.1) is 0 Å². The van der Waals surface area contributed by atoms with Crippen LogP contribution in [0.5, 0.6) is 0 Å². The number of nitrogens with one attached hydrogen (secondary N) is 1. The van der Waals surface area contributed by atoms with E-state index >= 15 is 0 Å². The van der Waals surface area contributed by atoms with Gasteiger partial charge in [-0.1, -0.05) is 20.8 Å². The van der Waals surface area contributed by atoms with Crippen LogP contribution in [0, 0.1) is 5.41 Å². The molecule has 0 aliphatic heterocycles.